The largest absolute Gasteiger partial charge is 0.288 e. The van der Waals surface area contributed by atoms with Crippen LogP contribution >= 0.6 is 11.9 Å². The molecule has 146 valence electrons. The minimum atomic E-state index is -1.92. The van der Waals surface area contributed by atoms with Crippen molar-refractivity contribution in [3.63, 3.8) is 0 Å². The molecular weight excluding hydrogens is 391 g/mol. The molecule has 2 aromatic rings. The van der Waals surface area contributed by atoms with Crippen LogP contribution in [0.25, 0.3) is 0 Å². The predicted octanol–water partition coefficient (Wildman–Crippen LogP) is 4.42. The predicted molar refractivity (Wildman–Crippen MR) is 88.5 cm³/mol. The molecular formula is C17H15F5N2O2S. The molecule has 0 radical (unpaired) electrons. The van der Waals surface area contributed by atoms with E-state index in [2.05, 4.69) is 0 Å². The van der Waals surface area contributed by atoms with Gasteiger partial charge < -0.3 is 0 Å². The number of hydrogen-bond acceptors (Lipinski definition) is 4. The van der Waals surface area contributed by atoms with Gasteiger partial charge in [0, 0.05) is 23.7 Å². The van der Waals surface area contributed by atoms with Crippen molar-refractivity contribution in [1.82, 2.24) is 9.79 Å². The molecule has 2 aromatic carbocycles. The van der Waals surface area contributed by atoms with Gasteiger partial charge in [-0.05, 0) is 44.0 Å². The van der Waals surface area contributed by atoms with Crippen LogP contribution in [0.4, 0.5) is 22.0 Å². The fourth-order valence-electron chi connectivity index (χ4n) is 2.11. The fraction of sp³-hybridized carbons (Fsp3) is 0.235. The van der Waals surface area contributed by atoms with Gasteiger partial charge >= 0.3 is 0 Å². The van der Waals surface area contributed by atoms with Gasteiger partial charge in [0.15, 0.2) is 23.3 Å². The van der Waals surface area contributed by atoms with Crippen molar-refractivity contribution in [3.05, 3.63) is 64.5 Å². The number of nitrogens with zero attached hydrogens (tertiary/aromatic N) is 1. The highest BCUT2D eigenvalue weighted by Gasteiger charge is 2.23. The Balaban J connectivity index is 2.29. The zero-order valence-corrected chi connectivity index (χ0v) is 15.0. The van der Waals surface area contributed by atoms with Crippen LogP contribution in [0.3, 0.4) is 0 Å². The topological polar surface area (TPSA) is 52.6 Å². The molecule has 4 nitrogen and oxygen atoms in total. The normalized spacial score (nSPS) is 11.3. The number of benzene rings is 2. The number of halogens is 5. The summed E-state index contributed by atoms with van der Waals surface area (Å²) in [7, 11) is 0. The Hall–Kier alpha value is -2.17. The van der Waals surface area contributed by atoms with E-state index in [-0.39, 0.29) is 23.7 Å². The lowest BCUT2D eigenvalue weighted by molar-refractivity contribution is 0.0706. The Morgan fingerprint density at radius 1 is 1.07 bits per heavy atom. The maximum Gasteiger partial charge on any atom is 0.274 e. The first-order valence-corrected chi connectivity index (χ1v) is 8.43. The SMILES string of the molecule is CC(C)N(Cc1ccc(C(=O)NO)cc1F)Sc1cc(F)c(F)c(F)c1F. The second kappa shape index (κ2) is 8.68. The van der Waals surface area contributed by atoms with Crippen LogP contribution in [0.1, 0.15) is 29.8 Å². The van der Waals surface area contributed by atoms with Crippen LogP contribution in [-0.2, 0) is 6.54 Å². The molecule has 0 aromatic heterocycles. The molecule has 0 saturated carbocycles. The van der Waals surface area contributed by atoms with Gasteiger partial charge in [0.05, 0.1) is 4.90 Å². The first-order chi connectivity index (χ1) is 12.6. The maximum absolute atomic E-state index is 14.2. The van der Waals surface area contributed by atoms with E-state index in [9.17, 15) is 26.7 Å². The minimum absolute atomic E-state index is 0.102. The van der Waals surface area contributed by atoms with E-state index in [4.69, 9.17) is 5.21 Å². The Morgan fingerprint density at radius 2 is 1.74 bits per heavy atom. The second-order valence-electron chi connectivity index (χ2n) is 5.81. The van der Waals surface area contributed by atoms with Crippen LogP contribution in [0.15, 0.2) is 29.2 Å². The van der Waals surface area contributed by atoms with Crippen molar-refractivity contribution in [2.45, 2.75) is 31.3 Å². The van der Waals surface area contributed by atoms with Crippen LogP contribution in [0, 0.1) is 29.1 Å². The van der Waals surface area contributed by atoms with Gasteiger partial charge in [0.2, 0.25) is 0 Å². The molecule has 0 aliphatic rings. The quantitative estimate of drug-likeness (QED) is 0.186. The highest BCUT2D eigenvalue weighted by atomic mass is 32.2. The van der Waals surface area contributed by atoms with Gasteiger partial charge in [0.25, 0.3) is 5.91 Å². The number of amides is 1. The highest BCUT2D eigenvalue weighted by molar-refractivity contribution is 7.97. The van der Waals surface area contributed by atoms with Crippen molar-refractivity contribution >= 4 is 17.9 Å². The van der Waals surface area contributed by atoms with E-state index in [1.807, 2.05) is 0 Å². The zero-order valence-electron chi connectivity index (χ0n) is 14.2. The van der Waals surface area contributed by atoms with Gasteiger partial charge in [0.1, 0.15) is 5.82 Å². The number of carbonyl (C=O) groups is 1. The van der Waals surface area contributed by atoms with Crippen LogP contribution in [-0.4, -0.2) is 21.5 Å². The number of hydrogen-bond donors (Lipinski definition) is 2. The Bertz CT molecular complexity index is 864. The average molecular weight is 406 g/mol. The molecule has 0 aliphatic heterocycles. The first-order valence-electron chi connectivity index (χ1n) is 7.66. The van der Waals surface area contributed by atoms with Crippen molar-refractivity contribution in [2.75, 3.05) is 0 Å². The molecule has 1 amide bonds. The summed E-state index contributed by atoms with van der Waals surface area (Å²) in [6.07, 6.45) is 0. The third kappa shape index (κ3) is 4.76. The smallest absolute Gasteiger partial charge is 0.274 e. The molecule has 0 aliphatic carbocycles. The molecule has 27 heavy (non-hydrogen) atoms. The molecule has 0 unspecified atom stereocenters. The van der Waals surface area contributed by atoms with Crippen LogP contribution < -0.4 is 5.48 Å². The summed E-state index contributed by atoms with van der Waals surface area (Å²) in [5, 5.41) is 8.56. The summed E-state index contributed by atoms with van der Waals surface area (Å²) in [6.45, 7) is 3.27. The van der Waals surface area contributed by atoms with E-state index < -0.39 is 39.9 Å². The van der Waals surface area contributed by atoms with E-state index in [1.165, 1.54) is 21.9 Å². The van der Waals surface area contributed by atoms with Crippen molar-refractivity contribution in [2.24, 2.45) is 0 Å². The summed E-state index contributed by atoms with van der Waals surface area (Å²) >= 11 is 0.605. The Kier molecular flexibility index (Phi) is 6.79. The van der Waals surface area contributed by atoms with Crippen molar-refractivity contribution < 1.29 is 32.0 Å². The standard InChI is InChI=1S/C17H15F5N2O2S/c1-8(2)24(27-13-6-12(19)14(20)16(22)15(13)21)7-10-4-3-9(5-11(10)18)17(25)23-26/h3-6,8,26H,7H2,1-2H3,(H,23,25). The van der Waals surface area contributed by atoms with E-state index >= 15 is 0 Å². The zero-order chi connectivity index (χ0) is 20.3. The number of nitrogens with one attached hydrogen (secondary N) is 1. The van der Waals surface area contributed by atoms with Crippen molar-refractivity contribution in [1.29, 1.82) is 0 Å². The molecule has 2 N–H and O–H groups in total. The van der Waals surface area contributed by atoms with Crippen LogP contribution in [0.2, 0.25) is 0 Å². The van der Waals surface area contributed by atoms with Crippen LogP contribution in [0.5, 0.6) is 0 Å². The maximum atomic E-state index is 14.2. The van der Waals surface area contributed by atoms with E-state index in [0.717, 1.165) is 6.07 Å². The summed E-state index contributed by atoms with van der Waals surface area (Å²) in [5.41, 5.74) is 1.38. The Morgan fingerprint density at radius 3 is 2.30 bits per heavy atom. The Labute approximate surface area is 156 Å². The van der Waals surface area contributed by atoms with Gasteiger partial charge in [-0.2, -0.15) is 0 Å². The summed E-state index contributed by atoms with van der Waals surface area (Å²) < 4.78 is 69.4. The lowest BCUT2D eigenvalue weighted by Crippen LogP contribution is -2.24. The number of hydroxylamine groups is 1. The van der Waals surface area contributed by atoms with Gasteiger partial charge in [-0.3, -0.25) is 10.0 Å². The third-order valence-electron chi connectivity index (χ3n) is 3.60. The average Bonchev–Trinajstić information content (AvgIpc) is 2.64. The van der Waals surface area contributed by atoms with E-state index in [0.29, 0.717) is 18.0 Å². The number of carbonyl (C=O) groups excluding carboxylic acids is 1. The summed E-state index contributed by atoms with van der Waals surface area (Å²) in [5.74, 6) is -8.57. The monoisotopic (exact) mass is 406 g/mol. The molecule has 0 fully saturated rings. The fourth-order valence-corrected chi connectivity index (χ4v) is 3.11. The van der Waals surface area contributed by atoms with Gasteiger partial charge in [-0.25, -0.2) is 31.7 Å². The summed E-state index contributed by atoms with van der Waals surface area (Å²) in [4.78, 5) is 10.8. The lowest BCUT2D eigenvalue weighted by atomic mass is 10.1. The highest BCUT2D eigenvalue weighted by Crippen LogP contribution is 2.32. The molecule has 0 heterocycles. The second-order valence-corrected chi connectivity index (χ2v) is 6.90. The molecule has 2 rings (SSSR count). The number of rotatable bonds is 6. The molecule has 0 saturated heterocycles. The van der Waals surface area contributed by atoms with E-state index in [1.54, 1.807) is 13.8 Å². The molecule has 0 atom stereocenters. The molecule has 0 spiro atoms. The molecule has 10 heteroatoms. The third-order valence-corrected chi connectivity index (χ3v) is 4.88. The lowest BCUT2D eigenvalue weighted by Gasteiger charge is -2.25. The first kappa shape index (κ1) is 21.1. The molecule has 0 bridgehead atoms. The minimum Gasteiger partial charge on any atom is -0.288 e. The van der Waals surface area contributed by atoms with Gasteiger partial charge in [-0.15, -0.1) is 0 Å². The van der Waals surface area contributed by atoms with Gasteiger partial charge in [-0.1, -0.05) is 6.07 Å². The summed E-state index contributed by atoms with van der Waals surface area (Å²) in [6, 6.07) is 3.68. The van der Waals surface area contributed by atoms with Crippen molar-refractivity contribution in [3.8, 4) is 0 Å².